The summed E-state index contributed by atoms with van der Waals surface area (Å²) >= 11 is 3.42. The number of halogens is 1. The third kappa shape index (κ3) is 3.78. The van der Waals surface area contributed by atoms with E-state index in [9.17, 15) is 9.59 Å². The first-order valence-electron chi connectivity index (χ1n) is 7.74. The highest BCUT2D eigenvalue weighted by atomic mass is 127. The van der Waals surface area contributed by atoms with E-state index >= 15 is 0 Å². The summed E-state index contributed by atoms with van der Waals surface area (Å²) in [5, 5.41) is 0.684. The van der Waals surface area contributed by atoms with Crippen LogP contribution in [0.25, 0.3) is 10.2 Å². The lowest BCUT2D eigenvalue weighted by molar-refractivity contribution is 0.0531. The number of benzene rings is 1. The van der Waals surface area contributed by atoms with E-state index in [0.717, 1.165) is 9.13 Å². The first-order valence-corrected chi connectivity index (χ1v) is 9.64. The highest BCUT2D eigenvalue weighted by molar-refractivity contribution is 14.1. The first kappa shape index (κ1) is 18.5. The maximum absolute atomic E-state index is 12.3. The van der Waals surface area contributed by atoms with Crippen LogP contribution in [0.4, 0.5) is 5.82 Å². The van der Waals surface area contributed by atoms with E-state index in [1.165, 1.54) is 17.7 Å². The summed E-state index contributed by atoms with van der Waals surface area (Å²) in [6.45, 7) is 3.86. The fourth-order valence-electron chi connectivity index (χ4n) is 2.35. The zero-order valence-corrected chi connectivity index (χ0v) is 17.0. The minimum atomic E-state index is -0.387. The summed E-state index contributed by atoms with van der Waals surface area (Å²) in [5.41, 5.74) is 6.70. The molecule has 3 aromatic rings. The molecule has 134 valence electrons. The lowest BCUT2D eigenvalue weighted by Gasteiger charge is -2.09. The second-order valence-corrected chi connectivity index (χ2v) is 7.51. The number of ether oxygens (including phenoxy) is 1. The minimum Gasteiger partial charge on any atom is -0.462 e. The van der Waals surface area contributed by atoms with Gasteiger partial charge in [0.25, 0.3) is 5.91 Å². The highest BCUT2D eigenvalue weighted by Crippen LogP contribution is 2.33. The van der Waals surface area contributed by atoms with Gasteiger partial charge in [0, 0.05) is 9.13 Å². The van der Waals surface area contributed by atoms with Crippen LogP contribution in [0.2, 0.25) is 0 Å². The van der Waals surface area contributed by atoms with Crippen LogP contribution in [0.3, 0.4) is 0 Å². The van der Waals surface area contributed by atoms with Gasteiger partial charge in [-0.15, -0.1) is 11.3 Å². The number of carbonyl (C=O) groups is 2. The molecule has 2 heterocycles. The molecule has 1 aromatic carbocycles. The van der Waals surface area contributed by atoms with Gasteiger partial charge in [-0.05, 0) is 66.3 Å². The van der Waals surface area contributed by atoms with Crippen molar-refractivity contribution in [3.8, 4) is 0 Å². The average molecular weight is 482 g/mol. The van der Waals surface area contributed by atoms with Gasteiger partial charge in [-0.25, -0.2) is 14.8 Å². The number of amides is 1. The molecule has 0 saturated heterocycles. The van der Waals surface area contributed by atoms with Gasteiger partial charge in [0.2, 0.25) is 0 Å². The molecule has 0 aliphatic rings. The number of hydrogen-bond acceptors (Lipinski definition) is 7. The Bertz CT molecular complexity index is 972. The number of esters is 1. The van der Waals surface area contributed by atoms with Gasteiger partial charge in [-0.3, -0.25) is 15.6 Å². The molecule has 0 aliphatic carbocycles. The molecular formula is C17H15IN4O3S. The van der Waals surface area contributed by atoms with Crippen molar-refractivity contribution in [3.63, 3.8) is 0 Å². The third-order valence-corrected chi connectivity index (χ3v) is 5.49. The normalized spacial score (nSPS) is 10.6. The Balaban J connectivity index is 1.85. The molecule has 0 radical (unpaired) electrons. The number of rotatable bonds is 5. The Morgan fingerprint density at radius 2 is 1.96 bits per heavy atom. The summed E-state index contributed by atoms with van der Waals surface area (Å²) in [6.07, 6.45) is 1.38. The number of nitrogens with one attached hydrogen (secondary N) is 2. The third-order valence-electron chi connectivity index (χ3n) is 3.59. The van der Waals surface area contributed by atoms with Crippen molar-refractivity contribution >= 4 is 61.8 Å². The first-order chi connectivity index (χ1) is 12.5. The number of hydrazine groups is 1. The van der Waals surface area contributed by atoms with Crippen molar-refractivity contribution in [2.24, 2.45) is 0 Å². The number of anilines is 1. The molecule has 0 spiro atoms. The van der Waals surface area contributed by atoms with Gasteiger partial charge in [-0.2, -0.15) is 0 Å². The number of carbonyl (C=O) groups excluding carboxylic acids is 2. The van der Waals surface area contributed by atoms with Gasteiger partial charge in [0.1, 0.15) is 16.0 Å². The van der Waals surface area contributed by atoms with E-state index in [4.69, 9.17) is 4.74 Å². The Kier molecular flexibility index (Phi) is 5.67. The number of aromatic nitrogens is 2. The van der Waals surface area contributed by atoms with Crippen LogP contribution in [0.1, 0.15) is 32.5 Å². The summed E-state index contributed by atoms with van der Waals surface area (Å²) in [5.74, 6) is -0.244. The van der Waals surface area contributed by atoms with Gasteiger partial charge in [-0.1, -0.05) is 0 Å². The van der Waals surface area contributed by atoms with Gasteiger partial charge < -0.3 is 4.74 Å². The number of thiophene rings is 1. The van der Waals surface area contributed by atoms with Crippen molar-refractivity contribution in [3.05, 3.63) is 50.2 Å². The van der Waals surface area contributed by atoms with Crippen LogP contribution < -0.4 is 10.9 Å². The van der Waals surface area contributed by atoms with E-state index in [1.54, 1.807) is 26.0 Å². The van der Waals surface area contributed by atoms with Crippen LogP contribution >= 0.6 is 33.9 Å². The van der Waals surface area contributed by atoms with Crippen molar-refractivity contribution in [1.29, 1.82) is 0 Å². The minimum absolute atomic E-state index is 0.285. The highest BCUT2D eigenvalue weighted by Gasteiger charge is 2.20. The molecule has 9 heteroatoms. The van der Waals surface area contributed by atoms with Crippen LogP contribution in [-0.2, 0) is 4.74 Å². The second kappa shape index (κ2) is 7.96. The summed E-state index contributed by atoms with van der Waals surface area (Å²) in [7, 11) is 0. The molecule has 2 N–H and O–H groups in total. The number of fused-ring (bicyclic) bond motifs is 1. The molecule has 2 aromatic heterocycles. The molecule has 7 nitrogen and oxygen atoms in total. The lowest BCUT2D eigenvalue weighted by Crippen LogP contribution is -2.29. The fraction of sp³-hybridized carbons (Fsp3) is 0.176. The molecule has 0 atom stereocenters. The van der Waals surface area contributed by atoms with Crippen LogP contribution in [-0.4, -0.2) is 28.5 Å². The molecular weight excluding hydrogens is 467 g/mol. The van der Waals surface area contributed by atoms with E-state index < -0.39 is 0 Å². The Hall–Kier alpha value is -2.27. The maximum atomic E-state index is 12.3. The van der Waals surface area contributed by atoms with E-state index in [1.807, 2.05) is 12.1 Å². The monoisotopic (exact) mass is 482 g/mol. The Labute approximate surface area is 167 Å². The lowest BCUT2D eigenvalue weighted by atomic mass is 10.2. The zero-order chi connectivity index (χ0) is 18.7. The predicted octanol–water partition coefficient (Wildman–Crippen LogP) is 3.54. The molecule has 0 bridgehead atoms. The topological polar surface area (TPSA) is 93.2 Å². The van der Waals surface area contributed by atoms with Gasteiger partial charge in [0.15, 0.2) is 5.82 Å². The van der Waals surface area contributed by atoms with Gasteiger partial charge in [0.05, 0.1) is 12.0 Å². The number of aryl methyl sites for hydroxylation is 1. The van der Waals surface area contributed by atoms with Crippen LogP contribution in [0.5, 0.6) is 0 Å². The molecule has 0 unspecified atom stereocenters. The average Bonchev–Trinajstić information content (AvgIpc) is 2.98. The quantitative estimate of drug-likeness (QED) is 0.329. The van der Waals surface area contributed by atoms with Crippen LogP contribution in [0, 0.1) is 10.5 Å². The Morgan fingerprint density at radius 1 is 1.23 bits per heavy atom. The van der Waals surface area contributed by atoms with Crippen molar-refractivity contribution < 1.29 is 14.3 Å². The molecule has 0 saturated carbocycles. The van der Waals surface area contributed by atoms with Crippen molar-refractivity contribution in [1.82, 2.24) is 15.4 Å². The smallest absolute Gasteiger partial charge is 0.348 e. The van der Waals surface area contributed by atoms with E-state index in [0.29, 0.717) is 33.1 Å². The zero-order valence-electron chi connectivity index (χ0n) is 14.0. The number of hydrogen-bond donors (Lipinski definition) is 2. The molecule has 1 amide bonds. The summed E-state index contributed by atoms with van der Waals surface area (Å²) < 4.78 is 6.12. The Morgan fingerprint density at radius 3 is 2.65 bits per heavy atom. The van der Waals surface area contributed by atoms with Crippen LogP contribution in [0.15, 0.2) is 30.6 Å². The summed E-state index contributed by atoms with van der Waals surface area (Å²) in [6, 6.07) is 7.19. The van der Waals surface area contributed by atoms with Crippen molar-refractivity contribution in [2.75, 3.05) is 12.0 Å². The van der Waals surface area contributed by atoms with E-state index in [2.05, 4.69) is 43.4 Å². The predicted molar refractivity (Wildman–Crippen MR) is 108 cm³/mol. The maximum Gasteiger partial charge on any atom is 0.348 e. The largest absolute Gasteiger partial charge is 0.462 e. The summed E-state index contributed by atoms with van der Waals surface area (Å²) in [4.78, 5) is 33.8. The molecule has 26 heavy (non-hydrogen) atoms. The number of nitrogens with zero attached hydrogens (tertiary/aromatic N) is 2. The second-order valence-electron chi connectivity index (χ2n) is 5.27. The standard InChI is InChI=1S/C17H15IN4O3S/c1-3-25-17(24)13-9(2)12-14(19-8-20-16(12)26-13)21-22-15(23)10-4-6-11(18)7-5-10/h4-8H,3H2,1-2H3,(H,22,23)(H,19,20,21). The SMILES string of the molecule is CCOC(=O)c1sc2ncnc(NNC(=O)c3ccc(I)cc3)c2c1C. The molecule has 0 aliphatic heterocycles. The van der Waals surface area contributed by atoms with E-state index in [-0.39, 0.29) is 11.9 Å². The molecule has 0 fully saturated rings. The van der Waals surface area contributed by atoms with Gasteiger partial charge >= 0.3 is 5.97 Å². The molecule has 3 rings (SSSR count). The fourth-order valence-corrected chi connectivity index (χ4v) is 3.75. The van der Waals surface area contributed by atoms with Crippen molar-refractivity contribution in [2.45, 2.75) is 13.8 Å².